The van der Waals surface area contributed by atoms with E-state index in [2.05, 4.69) is 0 Å². The fraction of sp³-hybridized carbons (Fsp3) is 0.304. The maximum absolute atomic E-state index is 12.4. The number of esters is 1. The molecule has 0 aliphatic rings. The zero-order valence-corrected chi connectivity index (χ0v) is 16.8. The largest absolute Gasteiger partial charge is 0.508 e. The van der Waals surface area contributed by atoms with Crippen molar-refractivity contribution in [3.05, 3.63) is 70.8 Å². The second kappa shape index (κ2) is 9.78. The molecule has 0 fully saturated rings. The van der Waals surface area contributed by atoms with E-state index in [9.17, 15) is 24.9 Å². The molecular weight excluding hydrogens is 372 g/mol. The van der Waals surface area contributed by atoms with Crippen LogP contribution >= 0.6 is 0 Å². The molecule has 0 aliphatic heterocycles. The molecule has 154 valence electrons. The molecule has 0 amide bonds. The van der Waals surface area contributed by atoms with Crippen molar-refractivity contribution in [3.8, 4) is 11.5 Å². The molecule has 6 nitrogen and oxygen atoms in total. The van der Waals surface area contributed by atoms with Crippen molar-refractivity contribution < 1.29 is 29.6 Å². The van der Waals surface area contributed by atoms with Crippen LogP contribution in [0.25, 0.3) is 0 Å². The molecule has 2 atom stereocenters. The van der Waals surface area contributed by atoms with Crippen molar-refractivity contribution in [2.24, 2.45) is 5.92 Å². The average Bonchev–Trinajstić information content (AvgIpc) is 2.68. The number of phenols is 2. The fourth-order valence-electron chi connectivity index (χ4n) is 3.19. The Kier molecular flexibility index (Phi) is 7.42. The highest BCUT2D eigenvalue weighted by atomic mass is 16.5. The van der Waals surface area contributed by atoms with Crippen LogP contribution < -0.4 is 0 Å². The summed E-state index contributed by atoms with van der Waals surface area (Å²) in [5.41, 5.74) is 2.94. The van der Waals surface area contributed by atoms with Gasteiger partial charge in [-0.1, -0.05) is 35.9 Å². The second-order valence-electron chi connectivity index (χ2n) is 7.19. The third-order valence-corrected chi connectivity index (χ3v) is 4.76. The van der Waals surface area contributed by atoms with Gasteiger partial charge in [0.15, 0.2) is 0 Å². The van der Waals surface area contributed by atoms with Gasteiger partial charge in [0, 0.05) is 0 Å². The van der Waals surface area contributed by atoms with Gasteiger partial charge in [0.1, 0.15) is 11.5 Å². The predicted octanol–water partition coefficient (Wildman–Crippen LogP) is 3.81. The number of aliphatic carboxylic acids is 1. The van der Waals surface area contributed by atoms with Gasteiger partial charge in [-0.15, -0.1) is 0 Å². The minimum atomic E-state index is -1.13. The summed E-state index contributed by atoms with van der Waals surface area (Å²) in [7, 11) is 1.22. The maximum Gasteiger partial charge on any atom is 0.314 e. The highest BCUT2D eigenvalue weighted by Crippen LogP contribution is 2.32. The van der Waals surface area contributed by atoms with Crippen LogP contribution in [0.1, 0.15) is 36.5 Å². The number of phenolic OH excluding ortho intramolecular Hbond substituents is 2. The SMILES string of the molecule is COC(=O)C(c1ccc(O)cc1)C(Cc1ccc(O)c(CC=C(C)C)c1)C(=O)O. The van der Waals surface area contributed by atoms with Gasteiger partial charge in [-0.05, 0) is 61.6 Å². The summed E-state index contributed by atoms with van der Waals surface area (Å²) in [6.07, 6.45) is 2.58. The Labute approximate surface area is 170 Å². The number of aromatic hydroxyl groups is 2. The number of methoxy groups -OCH3 is 1. The Bertz CT molecular complexity index is 894. The van der Waals surface area contributed by atoms with E-state index in [0.29, 0.717) is 23.1 Å². The monoisotopic (exact) mass is 398 g/mol. The molecule has 29 heavy (non-hydrogen) atoms. The molecule has 2 aromatic rings. The van der Waals surface area contributed by atoms with E-state index < -0.39 is 23.8 Å². The molecule has 0 heterocycles. The number of allylic oxidation sites excluding steroid dienone is 2. The maximum atomic E-state index is 12.4. The number of benzene rings is 2. The Morgan fingerprint density at radius 2 is 1.72 bits per heavy atom. The van der Waals surface area contributed by atoms with Crippen LogP contribution in [0, 0.1) is 5.92 Å². The lowest BCUT2D eigenvalue weighted by molar-refractivity contribution is -0.152. The molecular formula is C23H26O6. The first-order valence-corrected chi connectivity index (χ1v) is 9.26. The Morgan fingerprint density at radius 3 is 2.28 bits per heavy atom. The van der Waals surface area contributed by atoms with Crippen molar-refractivity contribution in [3.63, 3.8) is 0 Å². The number of carboxylic acids is 1. The van der Waals surface area contributed by atoms with Gasteiger partial charge < -0.3 is 20.1 Å². The molecule has 0 bridgehead atoms. The molecule has 0 aromatic heterocycles. The predicted molar refractivity (Wildman–Crippen MR) is 109 cm³/mol. The third kappa shape index (κ3) is 5.85. The number of hydrogen-bond donors (Lipinski definition) is 3. The number of carboxylic acid groups (broad SMARTS) is 1. The Hall–Kier alpha value is -3.28. The quantitative estimate of drug-likeness (QED) is 0.461. The molecule has 0 radical (unpaired) electrons. The van der Waals surface area contributed by atoms with Crippen molar-refractivity contribution in [2.75, 3.05) is 7.11 Å². The van der Waals surface area contributed by atoms with E-state index in [4.69, 9.17) is 4.74 Å². The van der Waals surface area contributed by atoms with Gasteiger partial charge in [-0.25, -0.2) is 0 Å². The van der Waals surface area contributed by atoms with E-state index in [1.807, 2.05) is 19.9 Å². The summed E-state index contributed by atoms with van der Waals surface area (Å²) >= 11 is 0. The first-order valence-electron chi connectivity index (χ1n) is 9.26. The third-order valence-electron chi connectivity index (χ3n) is 4.76. The Morgan fingerprint density at radius 1 is 1.07 bits per heavy atom. The van der Waals surface area contributed by atoms with Crippen molar-refractivity contribution >= 4 is 11.9 Å². The van der Waals surface area contributed by atoms with Gasteiger partial charge in [-0.2, -0.15) is 0 Å². The van der Waals surface area contributed by atoms with Crippen LogP contribution in [0.15, 0.2) is 54.1 Å². The molecule has 2 rings (SSSR count). The van der Waals surface area contributed by atoms with E-state index in [0.717, 1.165) is 5.57 Å². The van der Waals surface area contributed by atoms with Crippen LogP contribution in [0.2, 0.25) is 0 Å². The number of hydrogen-bond acceptors (Lipinski definition) is 5. The first kappa shape index (κ1) is 22.0. The molecule has 0 aliphatic carbocycles. The van der Waals surface area contributed by atoms with E-state index >= 15 is 0 Å². The molecule has 0 saturated heterocycles. The summed E-state index contributed by atoms with van der Waals surface area (Å²) in [5, 5.41) is 29.4. The summed E-state index contributed by atoms with van der Waals surface area (Å²) < 4.78 is 4.86. The van der Waals surface area contributed by atoms with Crippen LogP contribution in [-0.2, 0) is 27.2 Å². The number of carbonyl (C=O) groups excluding carboxylic acids is 1. The molecule has 2 unspecified atom stereocenters. The minimum Gasteiger partial charge on any atom is -0.508 e. The van der Waals surface area contributed by atoms with Crippen LogP contribution in [-0.4, -0.2) is 34.4 Å². The second-order valence-corrected chi connectivity index (χ2v) is 7.19. The minimum absolute atomic E-state index is 0.0201. The Balaban J connectivity index is 2.40. The van der Waals surface area contributed by atoms with Gasteiger partial charge in [0.25, 0.3) is 0 Å². The number of rotatable bonds is 8. The average molecular weight is 398 g/mol. The lowest BCUT2D eigenvalue weighted by Gasteiger charge is -2.23. The molecule has 0 saturated carbocycles. The molecule has 3 N–H and O–H groups in total. The smallest absolute Gasteiger partial charge is 0.314 e. The van der Waals surface area contributed by atoms with Crippen molar-refractivity contribution in [1.29, 1.82) is 0 Å². The zero-order valence-electron chi connectivity index (χ0n) is 16.8. The summed E-state index contributed by atoms with van der Waals surface area (Å²) in [6, 6.07) is 10.8. The lowest BCUT2D eigenvalue weighted by atomic mass is 9.81. The highest BCUT2D eigenvalue weighted by Gasteiger charge is 2.36. The van der Waals surface area contributed by atoms with E-state index in [1.165, 1.54) is 37.4 Å². The van der Waals surface area contributed by atoms with Crippen molar-refractivity contribution in [2.45, 2.75) is 32.6 Å². The van der Waals surface area contributed by atoms with Crippen LogP contribution in [0.5, 0.6) is 11.5 Å². The van der Waals surface area contributed by atoms with Crippen LogP contribution in [0.4, 0.5) is 0 Å². The van der Waals surface area contributed by atoms with Crippen molar-refractivity contribution in [1.82, 2.24) is 0 Å². The first-order chi connectivity index (χ1) is 13.7. The fourth-order valence-corrected chi connectivity index (χ4v) is 3.19. The van der Waals surface area contributed by atoms with E-state index in [1.54, 1.807) is 12.1 Å². The zero-order chi connectivity index (χ0) is 21.6. The molecule has 0 spiro atoms. The van der Waals surface area contributed by atoms with Gasteiger partial charge in [-0.3, -0.25) is 9.59 Å². The van der Waals surface area contributed by atoms with Gasteiger partial charge >= 0.3 is 11.9 Å². The number of carbonyl (C=O) groups is 2. The van der Waals surface area contributed by atoms with E-state index in [-0.39, 0.29) is 17.9 Å². The number of ether oxygens (including phenoxy) is 1. The molecule has 2 aromatic carbocycles. The highest BCUT2D eigenvalue weighted by molar-refractivity contribution is 5.85. The summed E-state index contributed by atoms with van der Waals surface area (Å²) in [5.74, 6) is -3.74. The standard InChI is InChI=1S/C23H26O6/c1-14(2)4-6-17-12-15(5-11-20(17)25)13-19(22(26)27)21(23(28)29-3)16-7-9-18(24)10-8-16/h4-5,7-12,19,21,24-25H,6,13H2,1-3H3,(H,26,27). The van der Waals surface area contributed by atoms with Crippen LogP contribution in [0.3, 0.4) is 0 Å². The summed E-state index contributed by atoms with van der Waals surface area (Å²) in [6.45, 7) is 3.92. The summed E-state index contributed by atoms with van der Waals surface area (Å²) in [4.78, 5) is 24.5. The normalized spacial score (nSPS) is 12.7. The lowest BCUT2D eigenvalue weighted by Crippen LogP contribution is -2.30. The molecule has 6 heteroatoms. The van der Waals surface area contributed by atoms with Gasteiger partial charge in [0.2, 0.25) is 0 Å². The topological polar surface area (TPSA) is 104 Å². The van der Waals surface area contributed by atoms with Gasteiger partial charge in [0.05, 0.1) is 18.9 Å².